The molecule has 1 saturated heterocycles. The number of alkyl halides is 1. The average Bonchev–Trinajstić information content (AvgIpc) is 2.44. The minimum absolute atomic E-state index is 0.123. The van der Waals surface area contributed by atoms with E-state index in [-0.39, 0.29) is 23.1 Å². The molecule has 0 spiro atoms. The van der Waals surface area contributed by atoms with Gasteiger partial charge in [0, 0.05) is 29.8 Å². The van der Waals surface area contributed by atoms with Gasteiger partial charge in [-0.1, -0.05) is 24.3 Å². The number of carbonyl (C=O) groups is 2. The second-order valence-corrected chi connectivity index (χ2v) is 5.10. The number of carbonyl (C=O) groups excluding carboxylic acids is 2. The van der Waals surface area contributed by atoms with Crippen molar-refractivity contribution < 1.29 is 9.59 Å². The molecule has 0 bridgehead atoms. The van der Waals surface area contributed by atoms with E-state index in [2.05, 4.69) is 10.6 Å². The first-order valence-electron chi connectivity index (χ1n) is 6.19. The molecule has 2 atom stereocenters. The lowest BCUT2D eigenvalue weighted by Crippen LogP contribution is -2.55. The van der Waals surface area contributed by atoms with Crippen molar-refractivity contribution in [1.82, 2.24) is 10.6 Å². The maximum absolute atomic E-state index is 12.5. The summed E-state index contributed by atoms with van der Waals surface area (Å²) in [5.41, 5.74) is 0.977. The van der Waals surface area contributed by atoms with Gasteiger partial charge in [0.15, 0.2) is 11.6 Å². The number of hydrogen-bond acceptors (Lipinski definition) is 4. The van der Waals surface area contributed by atoms with E-state index in [1.165, 1.54) is 6.08 Å². The molecule has 1 heterocycles. The molecule has 5 heteroatoms. The zero-order valence-electron chi connectivity index (χ0n) is 10.2. The van der Waals surface area contributed by atoms with Crippen LogP contribution in [0.15, 0.2) is 35.9 Å². The number of allylic oxidation sites excluding steroid dienone is 1. The molecule has 1 aromatic rings. The molecule has 4 nitrogen and oxygen atoms in total. The summed E-state index contributed by atoms with van der Waals surface area (Å²) in [6.45, 7) is 1.46. The minimum Gasteiger partial charge on any atom is -0.306 e. The van der Waals surface area contributed by atoms with Gasteiger partial charge in [0.2, 0.25) is 0 Å². The van der Waals surface area contributed by atoms with Crippen molar-refractivity contribution in [2.24, 2.45) is 0 Å². The normalized spacial score (nSPS) is 26.9. The first-order valence-corrected chi connectivity index (χ1v) is 6.62. The van der Waals surface area contributed by atoms with Gasteiger partial charge >= 0.3 is 0 Å². The van der Waals surface area contributed by atoms with Gasteiger partial charge in [-0.15, -0.1) is 11.6 Å². The first kappa shape index (κ1) is 12.5. The zero-order valence-corrected chi connectivity index (χ0v) is 10.9. The summed E-state index contributed by atoms with van der Waals surface area (Å²) in [5.74, 6) is -0.261. The number of rotatable bonds is 1. The van der Waals surface area contributed by atoms with Gasteiger partial charge in [-0.3, -0.25) is 14.9 Å². The monoisotopic (exact) mass is 276 g/mol. The second kappa shape index (κ2) is 4.89. The number of Topliss-reactive ketones (excluding diaryl/α,β-unsaturated/α-hetero) is 1. The quantitative estimate of drug-likeness (QED) is 0.596. The summed E-state index contributed by atoms with van der Waals surface area (Å²) in [4.78, 5) is 24.5. The summed E-state index contributed by atoms with van der Waals surface area (Å²) >= 11 is 6.18. The second-order valence-electron chi connectivity index (χ2n) is 4.63. The number of nitrogens with one attached hydrogen (secondary N) is 2. The number of hydrogen-bond donors (Lipinski definition) is 2. The molecule has 98 valence electrons. The van der Waals surface area contributed by atoms with Crippen LogP contribution in [0.5, 0.6) is 0 Å². The van der Waals surface area contributed by atoms with E-state index in [0.717, 1.165) is 6.54 Å². The van der Waals surface area contributed by atoms with Crippen molar-refractivity contribution in [2.75, 3.05) is 13.1 Å². The molecule has 19 heavy (non-hydrogen) atoms. The van der Waals surface area contributed by atoms with E-state index in [0.29, 0.717) is 23.2 Å². The Hall–Kier alpha value is -1.49. The number of piperazine rings is 1. The topological polar surface area (TPSA) is 58.2 Å². The Labute approximate surface area is 115 Å². The van der Waals surface area contributed by atoms with Crippen molar-refractivity contribution in [3.05, 3.63) is 47.0 Å². The summed E-state index contributed by atoms with van der Waals surface area (Å²) in [5, 5.41) is 6.27. The zero-order chi connectivity index (χ0) is 13.4. The van der Waals surface area contributed by atoms with E-state index in [4.69, 9.17) is 11.6 Å². The van der Waals surface area contributed by atoms with Crippen LogP contribution in [0.4, 0.5) is 0 Å². The van der Waals surface area contributed by atoms with Crippen molar-refractivity contribution >= 4 is 23.2 Å². The largest absolute Gasteiger partial charge is 0.306 e. The van der Waals surface area contributed by atoms with Gasteiger partial charge in [0.1, 0.15) is 5.50 Å². The third-order valence-electron chi connectivity index (χ3n) is 3.44. The van der Waals surface area contributed by atoms with E-state index in [1.54, 1.807) is 24.3 Å². The predicted octanol–water partition coefficient (Wildman–Crippen LogP) is 1.12. The molecule has 0 radical (unpaired) electrons. The predicted molar refractivity (Wildman–Crippen MR) is 72.6 cm³/mol. The number of benzene rings is 1. The van der Waals surface area contributed by atoms with Gasteiger partial charge in [-0.05, 0) is 6.08 Å². The highest BCUT2D eigenvalue weighted by atomic mass is 35.5. The average molecular weight is 277 g/mol. The lowest BCUT2D eigenvalue weighted by Gasteiger charge is -2.32. The molecule has 1 aliphatic carbocycles. The van der Waals surface area contributed by atoms with Gasteiger partial charge in [0.25, 0.3) is 0 Å². The third-order valence-corrected chi connectivity index (χ3v) is 3.85. The van der Waals surface area contributed by atoms with Gasteiger partial charge in [-0.2, -0.15) is 0 Å². The fourth-order valence-electron chi connectivity index (χ4n) is 2.49. The van der Waals surface area contributed by atoms with Crippen LogP contribution in [0.25, 0.3) is 0 Å². The highest BCUT2D eigenvalue weighted by molar-refractivity contribution is 6.27. The molecule has 0 aromatic heterocycles. The highest BCUT2D eigenvalue weighted by Crippen LogP contribution is 2.25. The fraction of sp³-hybridized carbons (Fsp3) is 0.286. The Morgan fingerprint density at radius 2 is 1.74 bits per heavy atom. The molecule has 1 aliphatic heterocycles. The van der Waals surface area contributed by atoms with E-state index >= 15 is 0 Å². The Kier molecular flexibility index (Phi) is 3.22. The standard InChI is InChI=1S/C14H13ClN2O2/c15-14-12(16-5-6-17-14)10-7-11(18)8-3-1-2-4-9(8)13(10)19/h1-4,7,12,14,16-17H,5-6H2. The van der Waals surface area contributed by atoms with Crippen LogP contribution in [0.2, 0.25) is 0 Å². The molecule has 3 rings (SSSR count). The molecule has 0 saturated carbocycles. The van der Waals surface area contributed by atoms with E-state index in [9.17, 15) is 9.59 Å². The Morgan fingerprint density at radius 1 is 1.05 bits per heavy atom. The van der Waals surface area contributed by atoms with Gasteiger partial charge in [-0.25, -0.2) is 0 Å². The number of ketones is 2. The van der Waals surface area contributed by atoms with Gasteiger partial charge < -0.3 is 5.32 Å². The molecule has 1 fully saturated rings. The van der Waals surface area contributed by atoms with Crippen molar-refractivity contribution in [2.45, 2.75) is 11.5 Å². The number of halogens is 1. The number of fused-ring (bicyclic) bond motifs is 1. The summed E-state index contributed by atoms with van der Waals surface area (Å²) < 4.78 is 0. The smallest absolute Gasteiger partial charge is 0.191 e. The van der Waals surface area contributed by atoms with Crippen LogP contribution in [-0.4, -0.2) is 36.2 Å². The maximum Gasteiger partial charge on any atom is 0.191 e. The fourth-order valence-corrected chi connectivity index (χ4v) is 2.83. The molecular formula is C14H13ClN2O2. The van der Waals surface area contributed by atoms with Crippen LogP contribution in [-0.2, 0) is 0 Å². The lowest BCUT2D eigenvalue weighted by atomic mass is 9.86. The summed E-state index contributed by atoms with van der Waals surface area (Å²) in [6, 6.07) is 6.54. The van der Waals surface area contributed by atoms with Crippen molar-refractivity contribution in [3.63, 3.8) is 0 Å². The molecule has 2 N–H and O–H groups in total. The van der Waals surface area contributed by atoms with E-state index in [1.807, 2.05) is 0 Å². The minimum atomic E-state index is -0.387. The van der Waals surface area contributed by atoms with Crippen molar-refractivity contribution in [1.29, 1.82) is 0 Å². The third kappa shape index (κ3) is 2.12. The molecule has 1 aromatic carbocycles. The molecule has 2 aliphatic rings. The SMILES string of the molecule is O=C1C=C(C2NCCNC2Cl)C(=O)c2ccccc21. The highest BCUT2D eigenvalue weighted by Gasteiger charge is 2.34. The van der Waals surface area contributed by atoms with Crippen LogP contribution in [0.1, 0.15) is 20.7 Å². The Morgan fingerprint density at radius 3 is 2.47 bits per heavy atom. The van der Waals surface area contributed by atoms with Gasteiger partial charge in [0.05, 0.1) is 6.04 Å². The first-order chi connectivity index (χ1) is 9.18. The van der Waals surface area contributed by atoms with Crippen LogP contribution < -0.4 is 10.6 Å². The van der Waals surface area contributed by atoms with E-state index < -0.39 is 0 Å². The van der Waals surface area contributed by atoms with Crippen LogP contribution in [0, 0.1) is 0 Å². The van der Waals surface area contributed by atoms with Crippen LogP contribution in [0.3, 0.4) is 0 Å². The summed E-state index contributed by atoms with van der Waals surface area (Å²) in [6.07, 6.45) is 1.41. The molecule has 0 amide bonds. The maximum atomic E-state index is 12.5. The lowest BCUT2D eigenvalue weighted by molar-refractivity contribution is 0.0975. The van der Waals surface area contributed by atoms with Crippen LogP contribution >= 0.6 is 11.6 Å². The summed E-state index contributed by atoms with van der Waals surface area (Å²) in [7, 11) is 0. The molecular weight excluding hydrogens is 264 g/mol. The Bertz CT molecular complexity index is 583. The molecule has 2 unspecified atom stereocenters. The van der Waals surface area contributed by atoms with Crippen molar-refractivity contribution in [3.8, 4) is 0 Å². The Balaban J connectivity index is 2.00.